The van der Waals surface area contributed by atoms with Gasteiger partial charge in [0.15, 0.2) is 5.78 Å². The van der Waals surface area contributed by atoms with E-state index in [-0.39, 0.29) is 54.5 Å². The second-order valence-electron chi connectivity index (χ2n) is 14.7. The summed E-state index contributed by atoms with van der Waals surface area (Å²) in [6.07, 6.45) is 10.9. The third-order valence-electron chi connectivity index (χ3n) is 11.6. The van der Waals surface area contributed by atoms with E-state index in [1.807, 2.05) is 6.20 Å². The highest BCUT2D eigenvalue weighted by atomic mass is 19.1. The number of Topliss-reactive ketones (excluding diaryl/α,β-unsaturated/α-hetero) is 1. The number of amides is 1. The molecule has 2 saturated heterocycles. The first-order chi connectivity index (χ1) is 20.2. The summed E-state index contributed by atoms with van der Waals surface area (Å²) < 4.78 is 23.0. The maximum Gasteiger partial charge on any atom is 0.256 e. The van der Waals surface area contributed by atoms with Gasteiger partial charge in [-0.15, -0.1) is 0 Å². The molecule has 3 saturated carbocycles. The number of ether oxygens (including phenoxy) is 1. The first kappa shape index (κ1) is 30.5. The van der Waals surface area contributed by atoms with Crippen LogP contribution in [0.3, 0.4) is 0 Å². The molecule has 1 amide bonds. The Bertz CT molecular complexity index is 1020. The van der Waals surface area contributed by atoms with Crippen molar-refractivity contribution in [2.24, 2.45) is 23.7 Å². The van der Waals surface area contributed by atoms with Crippen LogP contribution in [-0.2, 0) is 14.3 Å². The number of morpholine rings is 1. The lowest BCUT2D eigenvalue weighted by atomic mass is 9.65. The number of nitrogens with one attached hydrogen (secondary N) is 2. The first-order valence-electron chi connectivity index (χ1n) is 16.9. The number of carbonyl (C=O) groups excluding carboxylic acids is 2. The van der Waals surface area contributed by atoms with Crippen molar-refractivity contribution < 1.29 is 23.8 Å². The monoisotopic (exact) mass is 588 g/mol. The molecule has 0 aromatic carbocycles. The van der Waals surface area contributed by atoms with E-state index in [1.54, 1.807) is 0 Å². The molecular formula is C33H53FN4O4. The average molecular weight is 589 g/mol. The molecule has 8 nitrogen and oxygen atoms in total. The minimum atomic E-state index is -1.30. The fourth-order valence-corrected chi connectivity index (χ4v) is 9.48. The van der Waals surface area contributed by atoms with Crippen molar-refractivity contribution in [3.05, 3.63) is 11.8 Å². The zero-order valence-corrected chi connectivity index (χ0v) is 25.8. The molecule has 11 atom stereocenters. The Kier molecular flexibility index (Phi) is 9.30. The highest BCUT2D eigenvalue weighted by Gasteiger charge is 2.59. The van der Waals surface area contributed by atoms with Crippen molar-refractivity contribution in [2.75, 3.05) is 26.7 Å². The number of carbonyl (C=O) groups is 2. The molecule has 236 valence electrons. The van der Waals surface area contributed by atoms with E-state index in [2.05, 4.69) is 41.3 Å². The van der Waals surface area contributed by atoms with Gasteiger partial charge in [-0.1, -0.05) is 39.5 Å². The lowest BCUT2D eigenvalue weighted by Crippen LogP contribution is -2.74. The minimum absolute atomic E-state index is 0.0507. The van der Waals surface area contributed by atoms with Crippen molar-refractivity contribution in [3.63, 3.8) is 0 Å². The molecule has 3 aliphatic carbocycles. The molecule has 0 aromatic rings. The average Bonchev–Trinajstić information content (AvgIpc) is 3.38. The van der Waals surface area contributed by atoms with Crippen LogP contribution in [0.2, 0.25) is 0 Å². The van der Waals surface area contributed by atoms with Crippen molar-refractivity contribution in [1.29, 1.82) is 0 Å². The number of hydrogen-bond acceptors (Lipinski definition) is 7. The molecule has 6 aliphatic rings. The Balaban J connectivity index is 1.26. The molecule has 5 fully saturated rings. The first-order valence-corrected chi connectivity index (χ1v) is 16.9. The van der Waals surface area contributed by atoms with Gasteiger partial charge >= 0.3 is 0 Å². The Morgan fingerprint density at radius 3 is 2.60 bits per heavy atom. The van der Waals surface area contributed by atoms with Crippen LogP contribution >= 0.6 is 0 Å². The van der Waals surface area contributed by atoms with Crippen molar-refractivity contribution in [2.45, 2.75) is 133 Å². The Hall–Kier alpha value is -1.55. The van der Waals surface area contributed by atoms with Crippen molar-refractivity contribution in [3.8, 4) is 0 Å². The second-order valence-corrected chi connectivity index (χ2v) is 14.7. The van der Waals surface area contributed by atoms with Gasteiger partial charge in [0.25, 0.3) is 5.91 Å². The summed E-state index contributed by atoms with van der Waals surface area (Å²) >= 11 is 0. The van der Waals surface area contributed by atoms with E-state index in [1.165, 1.54) is 32.1 Å². The third-order valence-corrected chi connectivity index (χ3v) is 11.6. The van der Waals surface area contributed by atoms with Gasteiger partial charge in [-0.2, -0.15) is 0 Å². The van der Waals surface area contributed by atoms with Crippen LogP contribution in [0.25, 0.3) is 0 Å². The van der Waals surface area contributed by atoms with Crippen LogP contribution in [0.15, 0.2) is 11.8 Å². The quantitative estimate of drug-likeness (QED) is 0.356. The summed E-state index contributed by atoms with van der Waals surface area (Å²) in [6, 6.07) is -0.577. The highest BCUT2D eigenvalue weighted by molar-refractivity contribution is 6.20. The summed E-state index contributed by atoms with van der Waals surface area (Å²) in [4.78, 5) is 32.1. The molecule has 42 heavy (non-hydrogen) atoms. The Labute approximate surface area is 251 Å². The van der Waals surface area contributed by atoms with Crippen molar-refractivity contribution >= 4 is 11.7 Å². The zero-order valence-electron chi connectivity index (χ0n) is 25.8. The SMILES string of the molecule is CC(C)CC(CO)NC1C(F)CC2C(=O)C(C(=O)NCCC3CCCN3C)=CN3C4CC5CCCCC5CC4OC1C23. The maximum absolute atomic E-state index is 16.1. The smallest absolute Gasteiger partial charge is 0.256 e. The van der Waals surface area contributed by atoms with Gasteiger partial charge in [-0.25, -0.2) is 4.39 Å². The lowest BCUT2D eigenvalue weighted by molar-refractivity contribution is -0.209. The van der Waals surface area contributed by atoms with Gasteiger partial charge in [0.1, 0.15) is 6.17 Å². The third kappa shape index (κ3) is 5.92. The molecule has 11 unspecified atom stereocenters. The van der Waals surface area contributed by atoms with Crippen LogP contribution < -0.4 is 10.6 Å². The minimum Gasteiger partial charge on any atom is -0.395 e. The number of hydrogen-bond donors (Lipinski definition) is 3. The van der Waals surface area contributed by atoms with Gasteiger partial charge in [-0.3, -0.25) is 9.59 Å². The molecule has 0 spiro atoms. The molecule has 0 radical (unpaired) electrons. The number of nitrogens with zero attached hydrogens (tertiary/aromatic N) is 2. The van der Waals surface area contributed by atoms with Crippen LogP contribution in [0, 0.1) is 23.7 Å². The van der Waals surface area contributed by atoms with Gasteiger partial charge < -0.3 is 30.3 Å². The summed E-state index contributed by atoms with van der Waals surface area (Å²) in [5, 5.41) is 16.6. The van der Waals surface area contributed by atoms with Crippen LogP contribution in [-0.4, -0.2) is 102 Å². The largest absolute Gasteiger partial charge is 0.395 e. The molecular weight excluding hydrogens is 535 g/mol. The molecule has 9 heteroatoms. The van der Waals surface area contributed by atoms with E-state index in [0.29, 0.717) is 30.3 Å². The summed E-state index contributed by atoms with van der Waals surface area (Å²) in [7, 11) is 2.13. The summed E-state index contributed by atoms with van der Waals surface area (Å²) in [6.45, 7) is 5.75. The molecule has 0 aromatic heterocycles. The zero-order chi connectivity index (χ0) is 29.5. The number of fused-ring (bicyclic) bond motifs is 3. The number of aliphatic hydroxyl groups excluding tert-OH is 1. The van der Waals surface area contributed by atoms with Gasteiger partial charge in [0.05, 0.1) is 42.5 Å². The summed E-state index contributed by atoms with van der Waals surface area (Å²) in [5.74, 6) is 0.443. The number of ketones is 1. The maximum atomic E-state index is 16.1. The number of alkyl halides is 1. The molecule has 3 aliphatic heterocycles. The fourth-order valence-electron chi connectivity index (χ4n) is 9.48. The molecule has 3 heterocycles. The number of rotatable bonds is 9. The normalized spacial score (nSPS) is 40.7. The predicted molar refractivity (Wildman–Crippen MR) is 159 cm³/mol. The number of aliphatic hydroxyl groups is 1. The number of likely N-dealkylation sites (tertiary alicyclic amines) is 1. The Morgan fingerprint density at radius 2 is 1.90 bits per heavy atom. The number of halogens is 1. The lowest BCUT2D eigenvalue weighted by Gasteiger charge is -2.61. The van der Waals surface area contributed by atoms with E-state index < -0.39 is 24.2 Å². The van der Waals surface area contributed by atoms with E-state index in [4.69, 9.17) is 4.74 Å². The molecule has 0 bridgehead atoms. The van der Waals surface area contributed by atoms with Crippen LogP contribution in [0.5, 0.6) is 0 Å². The van der Waals surface area contributed by atoms with Crippen molar-refractivity contribution in [1.82, 2.24) is 20.4 Å². The van der Waals surface area contributed by atoms with E-state index in [9.17, 15) is 14.7 Å². The standard InChI is InChI=1S/C33H53FN4O4/c1-19(2)13-22(18-39)36-29-26(34)16-24-30-32(29)42-28-15-21-8-5-4-7-20(21)14-27(28)38(30)17-25(31(24)40)33(41)35-11-10-23-9-6-12-37(23)3/h17,19-24,26-30,32,36,39H,4-16,18H2,1-3H3,(H,35,41). The van der Waals surface area contributed by atoms with Gasteiger partial charge in [0.2, 0.25) is 0 Å². The fraction of sp³-hybridized carbons (Fsp3) is 0.879. The molecule has 6 rings (SSSR count). The topological polar surface area (TPSA) is 94.1 Å². The predicted octanol–water partition coefficient (Wildman–Crippen LogP) is 3.18. The van der Waals surface area contributed by atoms with Crippen LogP contribution in [0.4, 0.5) is 4.39 Å². The van der Waals surface area contributed by atoms with E-state index >= 15 is 4.39 Å². The van der Waals surface area contributed by atoms with Gasteiger partial charge in [0, 0.05) is 30.7 Å². The Morgan fingerprint density at radius 1 is 1.14 bits per heavy atom. The highest BCUT2D eigenvalue weighted by Crippen LogP contribution is 2.50. The van der Waals surface area contributed by atoms with Crippen LogP contribution in [0.1, 0.15) is 84.5 Å². The molecule has 3 N–H and O–H groups in total. The van der Waals surface area contributed by atoms with E-state index in [0.717, 1.165) is 38.6 Å². The second kappa shape index (κ2) is 12.8. The summed E-state index contributed by atoms with van der Waals surface area (Å²) in [5.41, 5.74) is 0.188. The van der Waals surface area contributed by atoms with Gasteiger partial charge in [-0.05, 0) is 76.3 Å².